The van der Waals surface area contributed by atoms with Crippen LogP contribution in [0.4, 0.5) is 5.69 Å². The number of nitrogens with zero attached hydrogens (tertiary/aromatic N) is 4. The highest BCUT2D eigenvalue weighted by molar-refractivity contribution is 7.89. The van der Waals surface area contributed by atoms with Crippen molar-refractivity contribution in [1.29, 1.82) is 0 Å². The lowest BCUT2D eigenvalue weighted by molar-refractivity contribution is 0.0817. The quantitative estimate of drug-likeness (QED) is 0.498. The molecule has 173 valence electrons. The molecule has 3 aromatic rings. The van der Waals surface area contributed by atoms with Gasteiger partial charge in [0.05, 0.1) is 21.3 Å². The minimum Gasteiger partial charge on any atom is -0.368 e. The fourth-order valence-electron chi connectivity index (χ4n) is 4.43. The van der Waals surface area contributed by atoms with E-state index in [0.29, 0.717) is 54.0 Å². The topological polar surface area (TPSA) is 69.9 Å². The zero-order valence-electron chi connectivity index (χ0n) is 17.4. The van der Waals surface area contributed by atoms with Crippen molar-refractivity contribution < 1.29 is 12.9 Å². The first-order chi connectivity index (χ1) is 15.9. The van der Waals surface area contributed by atoms with Gasteiger partial charge < -0.3 is 9.42 Å². The van der Waals surface area contributed by atoms with Crippen LogP contribution in [0.3, 0.4) is 0 Å². The van der Waals surface area contributed by atoms with E-state index in [9.17, 15) is 8.42 Å². The van der Waals surface area contributed by atoms with E-state index in [1.807, 2.05) is 24.3 Å². The molecule has 0 N–H and O–H groups in total. The average Bonchev–Trinajstić information content (AvgIpc) is 3.29. The van der Waals surface area contributed by atoms with Gasteiger partial charge in [0.25, 0.3) is 0 Å². The standard InChI is InChI=1S/C22H20Cl3N4O3S/c23-15-5-6-18(25)21(13-15)33(30,31)29-8-7-20-16(14-26-32-20)22(29)28-11-9-27(10-12-28)19-4-2-1-3-17(19)24/h1-6,13,22H,7-12H2. The zero-order chi connectivity index (χ0) is 23.2. The number of para-hydroxylation sites is 1. The second kappa shape index (κ2) is 9.09. The summed E-state index contributed by atoms with van der Waals surface area (Å²) in [5, 5.41) is 4.94. The molecular formula is C22H20Cl3N4O3S. The van der Waals surface area contributed by atoms with Crippen LogP contribution in [0.15, 0.2) is 51.9 Å². The van der Waals surface area contributed by atoms with Gasteiger partial charge in [-0.05, 0) is 30.3 Å². The molecule has 3 heterocycles. The molecule has 0 saturated carbocycles. The third-order valence-corrected chi connectivity index (χ3v) is 8.94. The minimum atomic E-state index is -3.96. The summed E-state index contributed by atoms with van der Waals surface area (Å²) in [4.78, 5) is 4.29. The first-order valence-electron chi connectivity index (χ1n) is 10.4. The molecule has 1 saturated heterocycles. The number of hydrogen-bond donors (Lipinski definition) is 0. The molecule has 1 radical (unpaired) electrons. The van der Waals surface area contributed by atoms with E-state index in [-0.39, 0.29) is 16.5 Å². The second-order valence-electron chi connectivity index (χ2n) is 7.92. The molecule has 1 fully saturated rings. The summed E-state index contributed by atoms with van der Waals surface area (Å²) in [6.45, 7) is 2.84. The first kappa shape index (κ1) is 23.0. The Hall–Kier alpha value is -1.81. The third-order valence-electron chi connectivity index (χ3n) is 6.05. The fourth-order valence-corrected chi connectivity index (χ4v) is 7.01. The van der Waals surface area contributed by atoms with Gasteiger partial charge in [0, 0.05) is 44.2 Å². The fraction of sp³-hybridized carbons (Fsp3) is 0.318. The number of hydrogen-bond acceptors (Lipinski definition) is 6. The van der Waals surface area contributed by atoms with Crippen LogP contribution in [0, 0.1) is 6.20 Å². The number of piperazine rings is 1. The van der Waals surface area contributed by atoms with Gasteiger partial charge in [0.1, 0.15) is 23.0 Å². The van der Waals surface area contributed by atoms with Crippen LogP contribution in [0.5, 0.6) is 0 Å². The van der Waals surface area contributed by atoms with Crippen LogP contribution in [-0.2, 0) is 16.4 Å². The van der Waals surface area contributed by atoms with Gasteiger partial charge in [-0.25, -0.2) is 8.42 Å². The Bertz CT molecular complexity index is 1280. The Morgan fingerprint density at radius 3 is 2.48 bits per heavy atom. The van der Waals surface area contributed by atoms with Gasteiger partial charge in [0.2, 0.25) is 10.0 Å². The summed E-state index contributed by atoms with van der Waals surface area (Å²) in [6.07, 6.45) is 2.68. The van der Waals surface area contributed by atoms with Crippen LogP contribution in [0.1, 0.15) is 17.5 Å². The summed E-state index contributed by atoms with van der Waals surface area (Å²) in [5.41, 5.74) is 1.60. The van der Waals surface area contributed by atoms with E-state index in [4.69, 9.17) is 39.3 Å². The highest BCUT2D eigenvalue weighted by atomic mass is 35.5. The van der Waals surface area contributed by atoms with Gasteiger partial charge in [-0.3, -0.25) is 4.90 Å². The lowest BCUT2D eigenvalue weighted by Crippen LogP contribution is -2.54. The molecule has 0 amide bonds. The number of aromatic nitrogens is 1. The Kier molecular flexibility index (Phi) is 6.32. The summed E-state index contributed by atoms with van der Waals surface area (Å²) in [5.74, 6) is 0.650. The Labute approximate surface area is 207 Å². The molecule has 2 aliphatic heterocycles. The van der Waals surface area contributed by atoms with Crippen molar-refractivity contribution in [2.45, 2.75) is 17.5 Å². The number of fused-ring (bicyclic) bond motifs is 1. The second-order valence-corrected chi connectivity index (χ2v) is 11.0. The molecule has 1 unspecified atom stereocenters. The number of halogens is 3. The van der Waals surface area contributed by atoms with Crippen molar-refractivity contribution >= 4 is 50.5 Å². The average molecular weight is 527 g/mol. The molecule has 33 heavy (non-hydrogen) atoms. The van der Waals surface area contributed by atoms with Crippen molar-refractivity contribution in [2.24, 2.45) is 0 Å². The molecule has 5 rings (SSSR count). The minimum absolute atomic E-state index is 0.0173. The largest absolute Gasteiger partial charge is 0.368 e. The summed E-state index contributed by atoms with van der Waals surface area (Å²) in [7, 11) is -3.96. The van der Waals surface area contributed by atoms with Crippen molar-refractivity contribution in [2.75, 3.05) is 37.6 Å². The number of sulfonamides is 1. The van der Waals surface area contributed by atoms with Crippen LogP contribution < -0.4 is 4.90 Å². The Morgan fingerprint density at radius 2 is 1.73 bits per heavy atom. The lowest BCUT2D eigenvalue weighted by atomic mass is 10.1. The number of anilines is 1. The maximum atomic E-state index is 13.7. The summed E-state index contributed by atoms with van der Waals surface area (Å²) in [6, 6.07) is 12.2. The monoisotopic (exact) mass is 525 g/mol. The van der Waals surface area contributed by atoms with Gasteiger partial charge in [-0.15, -0.1) is 0 Å². The third kappa shape index (κ3) is 4.24. The zero-order valence-corrected chi connectivity index (χ0v) is 20.5. The predicted molar refractivity (Wildman–Crippen MR) is 127 cm³/mol. The highest BCUT2D eigenvalue weighted by Gasteiger charge is 2.43. The Balaban J connectivity index is 1.47. The van der Waals surface area contributed by atoms with E-state index < -0.39 is 16.2 Å². The van der Waals surface area contributed by atoms with Crippen molar-refractivity contribution in [1.82, 2.24) is 14.4 Å². The maximum absolute atomic E-state index is 13.7. The molecule has 0 bridgehead atoms. The van der Waals surface area contributed by atoms with Gasteiger partial charge in [-0.2, -0.15) is 4.31 Å². The SMILES string of the molecule is O=S(=O)(c1cc(Cl)ccc1Cl)N1CCc2on[c]c2C1N1CCN(c2ccccc2Cl)CC1. The van der Waals surface area contributed by atoms with Crippen molar-refractivity contribution in [3.8, 4) is 0 Å². The van der Waals surface area contributed by atoms with Crippen LogP contribution in [0.25, 0.3) is 0 Å². The Morgan fingerprint density at radius 1 is 0.970 bits per heavy atom. The molecule has 2 aromatic carbocycles. The number of benzene rings is 2. The molecular weight excluding hydrogens is 507 g/mol. The van der Waals surface area contributed by atoms with E-state index in [1.54, 1.807) is 6.07 Å². The van der Waals surface area contributed by atoms with Gasteiger partial charge in [0.15, 0.2) is 0 Å². The maximum Gasteiger partial charge on any atom is 0.246 e. The van der Waals surface area contributed by atoms with E-state index in [0.717, 1.165) is 5.69 Å². The molecule has 0 spiro atoms. The molecule has 1 aromatic heterocycles. The van der Waals surface area contributed by atoms with Crippen LogP contribution in [0.2, 0.25) is 15.1 Å². The highest BCUT2D eigenvalue weighted by Crippen LogP contribution is 2.39. The molecule has 2 aliphatic rings. The predicted octanol–water partition coefficient (Wildman–Crippen LogP) is 4.50. The summed E-state index contributed by atoms with van der Waals surface area (Å²) >= 11 is 18.8. The number of rotatable bonds is 4. The van der Waals surface area contributed by atoms with Crippen molar-refractivity contribution in [3.63, 3.8) is 0 Å². The van der Waals surface area contributed by atoms with Crippen LogP contribution in [-0.4, -0.2) is 55.5 Å². The smallest absolute Gasteiger partial charge is 0.246 e. The van der Waals surface area contributed by atoms with Crippen LogP contribution >= 0.6 is 34.8 Å². The lowest BCUT2D eigenvalue weighted by Gasteiger charge is -2.45. The molecule has 1 atom stereocenters. The van der Waals surface area contributed by atoms with Gasteiger partial charge in [-0.1, -0.05) is 52.1 Å². The normalized spacial score (nSPS) is 20.1. The van der Waals surface area contributed by atoms with E-state index >= 15 is 0 Å². The van der Waals surface area contributed by atoms with Gasteiger partial charge >= 0.3 is 0 Å². The van der Waals surface area contributed by atoms with Crippen molar-refractivity contribution in [3.05, 3.63) is 75.1 Å². The summed E-state index contributed by atoms with van der Waals surface area (Å²) < 4.78 is 34.3. The first-order valence-corrected chi connectivity index (χ1v) is 13.0. The van der Waals surface area contributed by atoms with E-state index in [1.165, 1.54) is 16.4 Å². The molecule has 7 nitrogen and oxygen atoms in total. The molecule has 0 aliphatic carbocycles. The molecule has 11 heteroatoms. The van der Waals surface area contributed by atoms with E-state index in [2.05, 4.69) is 21.2 Å².